The molecule has 0 atom stereocenters. The molecule has 3 heteroatoms. The van der Waals surface area contributed by atoms with Crippen LogP contribution < -0.4 is 18.1 Å². The highest BCUT2D eigenvalue weighted by atomic mass is 35.5. The van der Waals surface area contributed by atoms with Gasteiger partial charge in [-0.25, -0.2) is 0 Å². The average Bonchev–Trinajstić information content (AvgIpc) is 1.41. The van der Waals surface area contributed by atoms with Crippen LogP contribution in [-0.4, -0.2) is 13.3 Å². The summed E-state index contributed by atoms with van der Waals surface area (Å²) in [6, 6.07) is 0. The Morgan fingerprint density at radius 3 is 2.17 bits per heavy atom. The van der Waals surface area contributed by atoms with Gasteiger partial charge in [-0.05, 0) is 6.92 Å². The predicted molar refractivity (Wildman–Crippen MR) is 19.4 cm³/mol. The maximum atomic E-state index is 4.72. The molecular weight excluding hydrogens is 101 g/mol. The van der Waals surface area contributed by atoms with E-state index in [1.54, 1.807) is 0 Å². The minimum absolute atomic E-state index is 0. The van der Waals surface area contributed by atoms with Crippen molar-refractivity contribution in [3.05, 3.63) is 0 Å². The molecule has 0 aromatic heterocycles. The first-order valence-corrected chi connectivity index (χ1v) is 1.78. The van der Waals surface area contributed by atoms with Gasteiger partial charge in [-0.3, -0.25) is 0 Å². The van der Waals surface area contributed by atoms with Gasteiger partial charge in [0.25, 0.3) is 0 Å². The third-order valence-electron chi connectivity index (χ3n) is 0.348. The van der Waals surface area contributed by atoms with Crippen molar-refractivity contribution in [3.63, 3.8) is 0 Å². The third kappa shape index (κ3) is 8.88. The number of hydrogen-bond acceptors (Lipinski definition) is 1. The Balaban J connectivity index is 0. The molecule has 0 rings (SSSR count). The Kier molecular flexibility index (Phi) is 14.2. The Morgan fingerprint density at radius 2 is 2.17 bits per heavy atom. The highest BCUT2D eigenvalue weighted by Gasteiger charge is 1.66. The van der Waals surface area contributed by atoms with Crippen LogP contribution in [-0.2, 0) is 4.74 Å². The molecule has 0 fully saturated rings. The predicted octanol–water partition coefficient (Wildman–Crippen LogP) is -3.77. The van der Waals surface area contributed by atoms with Gasteiger partial charge in [0.15, 0.2) is 6.73 Å². The molecule has 6 heavy (non-hydrogen) atoms. The molecule has 0 aromatic rings. The zero-order chi connectivity index (χ0) is 4.12. The fraction of sp³-hybridized carbons (Fsp3) is 1.00. The van der Waals surface area contributed by atoms with Crippen molar-refractivity contribution in [1.29, 1.82) is 0 Å². The topological polar surface area (TPSA) is 36.9 Å². The second-order valence-electron chi connectivity index (χ2n) is 0.697. The molecule has 0 aromatic carbocycles. The Labute approximate surface area is 44.1 Å². The molecular formula is C3H10ClNO. The second-order valence-corrected chi connectivity index (χ2v) is 0.697. The van der Waals surface area contributed by atoms with Crippen LogP contribution in [0.1, 0.15) is 6.92 Å². The van der Waals surface area contributed by atoms with Crippen molar-refractivity contribution in [2.45, 2.75) is 6.92 Å². The molecule has 0 aliphatic carbocycles. The normalized spacial score (nSPS) is 7.00. The Hall–Kier alpha value is 0.210. The molecule has 0 saturated heterocycles. The van der Waals surface area contributed by atoms with E-state index in [9.17, 15) is 0 Å². The number of halogens is 1. The van der Waals surface area contributed by atoms with E-state index >= 15 is 0 Å². The van der Waals surface area contributed by atoms with Crippen molar-refractivity contribution >= 4 is 0 Å². The lowest BCUT2D eigenvalue weighted by Crippen LogP contribution is -3.00. The molecule has 2 nitrogen and oxygen atoms in total. The number of quaternary nitrogens is 1. The number of rotatable bonds is 2. The summed E-state index contributed by atoms with van der Waals surface area (Å²) in [4.78, 5) is 0. The maximum absolute atomic E-state index is 4.72. The highest BCUT2D eigenvalue weighted by molar-refractivity contribution is 3.97. The van der Waals surface area contributed by atoms with Gasteiger partial charge in [0, 0.05) is 6.61 Å². The van der Waals surface area contributed by atoms with Crippen molar-refractivity contribution < 1.29 is 22.9 Å². The average molecular weight is 112 g/mol. The molecule has 0 radical (unpaired) electrons. The van der Waals surface area contributed by atoms with Crippen LogP contribution in [0, 0.1) is 0 Å². The second kappa shape index (κ2) is 8.96. The summed E-state index contributed by atoms with van der Waals surface area (Å²) in [7, 11) is 0. The molecule has 3 N–H and O–H groups in total. The van der Waals surface area contributed by atoms with Crippen LogP contribution in [0.4, 0.5) is 0 Å². The monoisotopic (exact) mass is 111 g/mol. The van der Waals surface area contributed by atoms with Crippen LogP contribution in [0.5, 0.6) is 0 Å². The quantitative estimate of drug-likeness (QED) is 0.365. The van der Waals surface area contributed by atoms with E-state index in [1.807, 2.05) is 6.92 Å². The summed E-state index contributed by atoms with van der Waals surface area (Å²) in [6.07, 6.45) is 0. The zero-order valence-corrected chi connectivity index (χ0v) is 4.66. The fourth-order valence-electron chi connectivity index (χ4n) is 0.144. The van der Waals surface area contributed by atoms with Gasteiger partial charge in [0.1, 0.15) is 0 Å². The van der Waals surface area contributed by atoms with Gasteiger partial charge in [-0.15, -0.1) is 0 Å². The van der Waals surface area contributed by atoms with Crippen LogP contribution in [0.15, 0.2) is 0 Å². The van der Waals surface area contributed by atoms with Crippen molar-refractivity contribution in [2.75, 3.05) is 13.3 Å². The van der Waals surface area contributed by atoms with Gasteiger partial charge < -0.3 is 22.9 Å². The molecule has 0 saturated carbocycles. The largest absolute Gasteiger partial charge is 1.00 e. The maximum Gasteiger partial charge on any atom is 0.178 e. The van der Waals surface area contributed by atoms with E-state index in [0.717, 1.165) is 6.61 Å². The summed E-state index contributed by atoms with van der Waals surface area (Å²) in [5.41, 5.74) is 3.45. The Morgan fingerprint density at radius 1 is 1.67 bits per heavy atom. The van der Waals surface area contributed by atoms with Gasteiger partial charge in [-0.2, -0.15) is 0 Å². The standard InChI is InChI=1S/C3H9NO.ClH/c1-2-5-3-4;/h2-4H2,1H3;1H. The van der Waals surface area contributed by atoms with Gasteiger partial charge in [0.05, 0.1) is 0 Å². The SMILES string of the molecule is CCOC[NH3+].[Cl-]. The molecule has 0 bridgehead atoms. The molecule has 0 unspecified atom stereocenters. The highest BCUT2D eigenvalue weighted by Crippen LogP contribution is 1.56. The lowest BCUT2D eigenvalue weighted by molar-refractivity contribution is -0.430. The van der Waals surface area contributed by atoms with E-state index in [0.29, 0.717) is 6.73 Å². The van der Waals surface area contributed by atoms with Crippen LogP contribution in [0.3, 0.4) is 0 Å². The van der Waals surface area contributed by atoms with Gasteiger partial charge in [-0.1, -0.05) is 0 Å². The summed E-state index contributed by atoms with van der Waals surface area (Å²) in [6.45, 7) is 3.32. The number of ether oxygens (including phenoxy) is 1. The summed E-state index contributed by atoms with van der Waals surface area (Å²) >= 11 is 0. The minimum Gasteiger partial charge on any atom is -1.00 e. The molecule has 0 aliphatic heterocycles. The molecule has 0 spiro atoms. The van der Waals surface area contributed by atoms with Crippen LogP contribution in [0.25, 0.3) is 0 Å². The van der Waals surface area contributed by atoms with E-state index < -0.39 is 0 Å². The lowest BCUT2D eigenvalue weighted by atomic mass is 10.9. The van der Waals surface area contributed by atoms with Crippen molar-refractivity contribution in [2.24, 2.45) is 0 Å². The van der Waals surface area contributed by atoms with Crippen LogP contribution >= 0.6 is 0 Å². The molecule has 0 aliphatic rings. The first-order valence-electron chi connectivity index (χ1n) is 1.78. The first-order chi connectivity index (χ1) is 2.41. The van der Waals surface area contributed by atoms with E-state index in [4.69, 9.17) is 4.74 Å². The summed E-state index contributed by atoms with van der Waals surface area (Å²) < 4.78 is 4.72. The minimum atomic E-state index is 0. The fourth-order valence-corrected chi connectivity index (χ4v) is 0.144. The smallest absolute Gasteiger partial charge is 0.178 e. The van der Waals surface area contributed by atoms with Crippen molar-refractivity contribution in [3.8, 4) is 0 Å². The molecule has 40 valence electrons. The van der Waals surface area contributed by atoms with Crippen molar-refractivity contribution in [1.82, 2.24) is 0 Å². The van der Waals surface area contributed by atoms with Gasteiger partial charge in [0.2, 0.25) is 0 Å². The Bertz CT molecular complexity index is 18.3. The summed E-state index contributed by atoms with van der Waals surface area (Å²) in [5, 5.41) is 0. The number of hydrogen-bond donors (Lipinski definition) is 1. The first kappa shape index (κ1) is 9.51. The lowest BCUT2D eigenvalue weighted by Gasteiger charge is -1.83. The van der Waals surface area contributed by atoms with E-state index in [-0.39, 0.29) is 12.4 Å². The van der Waals surface area contributed by atoms with E-state index in [1.165, 1.54) is 0 Å². The third-order valence-corrected chi connectivity index (χ3v) is 0.348. The molecule has 0 amide bonds. The van der Waals surface area contributed by atoms with Crippen LogP contribution in [0.2, 0.25) is 0 Å². The van der Waals surface area contributed by atoms with Gasteiger partial charge >= 0.3 is 0 Å². The summed E-state index contributed by atoms with van der Waals surface area (Å²) in [5.74, 6) is 0. The van der Waals surface area contributed by atoms with E-state index in [2.05, 4.69) is 5.73 Å². The molecule has 0 heterocycles. The zero-order valence-electron chi connectivity index (χ0n) is 3.91.